The molecule has 0 atom stereocenters. The van der Waals surface area contributed by atoms with E-state index in [2.05, 4.69) is 5.32 Å². The molecule has 1 N–H and O–H groups in total. The number of carbonyl (C=O) groups is 1. The van der Waals surface area contributed by atoms with Gasteiger partial charge < -0.3 is 9.73 Å². The SMILES string of the molecule is O=C(/C=C/c1ccc(-c2ccccc2Cl)o1)Nc1ccccc1C(F)(F)F. The normalized spacial score (nSPS) is 11.7. The largest absolute Gasteiger partial charge is 0.457 e. The van der Waals surface area contributed by atoms with Gasteiger partial charge in [-0.1, -0.05) is 35.9 Å². The fourth-order valence-electron chi connectivity index (χ4n) is 2.42. The molecule has 1 heterocycles. The highest BCUT2D eigenvalue weighted by Crippen LogP contribution is 2.34. The average Bonchev–Trinajstić information content (AvgIpc) is 3.09. The highest BCUT2D eigenvalue weighted by molar-refractivity contribution is 6.33. The van der Waals surface area contributed by atoms with E-state index in [9.17, 15) is 18.0 Å². The van der Waals surface area contributed by atoms with Crippen molar-refractivity contribution < 1.29 is 22.4 Å². The minimum absolute atomic E-state index is 0.309. The van der Waals surface area contributed by atoms with Crippen LogP contribution in [-0.2, 0) is 11.0 Å². The molecule has 27 heavy (non-hydrogen) atoms. The maximum Gasteiger partial charge on any atom is 0.418 e. The molecule has 1 aromatic heterocycles. The van der Waals surface area contributed by atoms with Gasteiger partial charge in [0.15, 0.2) is 0 Å². The number of furan rings is 1. The lowest BCUT2D eigenvalue weighted by Gasteiger charge is -2.12. The molecule has 0 unspecified atom stereocenters. The van der Waals surface area contributed by atoms with Crippen LogP contribution in [0.15, 0.2) is 71.2 Å². The van der Waals surface area contributed by atoms with Gasteiger partial charge in [0.25, 0.3) is 0 Å². The van der Waals surface area contributed by atoms with Gasteiger partial charge in [0.2, 0.25) is 5.91 Å². The fourth-order valence-corrected chi connectivity index (χ4v) is 2.65. The molecule has 0 aliphatic carbocycles. The standard InChI is InChI=1S/C20H13ClF3NO2/c21-16-7-3-1-5-14(16)18-11-9-13(27-18)10-12-19(26)25-17-8-4-2-6-15(17)20(22,23)24/h1-12H,(H,25,26)/b12-10+. The summed E-state index contributed by atoms with van der Waals surface area (Å²) in [7, 11) is 0. The van der Waals surface area contributed by atoms with E-state index in [-0.39, 0.29) is 5.69 Å². The molecule has 3 nitrogen and oxygen atoms in total. The second-order valence-electron chi connectivity index (χ2n) is 5.55. The van der Waals surface area contributed by atoms with Crippen LogP contribution >= 0.6 is 11.6 Å². The third-order valence-corrected chi connectivity index (χ3v) is 3.98. The number of alkyl halides is 3. The number of nitrogens with one attached hydrogen (secondary N) is 1. The Morgan fingerprint density at radius 3 is 2.44 bits per heavy atom. The number of benzene rings is 2. The Balaban J connectivity index is 1.73. The van der Waals surface area contributed by atoms with Crippen LogP contribution in [0, 0.1) is 0 Å². The summed E-state index contributed by atoms with van der Waals surface area (Å²) in [6.07, 6.45) is -2.09. The number of halogens is 4. The first-order valence-corrected chi connectivity index (χ1v) is 8.22. The second-order valence-corrected chi connectivity index (χ2v) is 5.95. The van der Waals surface area contributed by atoms with Crippen molar-refractivity contribution in [2.75, 3.05) is 5.32 Å². The van der Waals surface area contributed by atoms with E-state index in [0.717, 1.165) is 12.1 Å². The predicted molar refractivity (Wildman–Crippen MR) is 98.3 cm³/mol. The molecule has 138 valence electrons. The van der Waals surface area contributed by atoms with Crippen molar-refractivity contribution in [3.05, 3.63) is 83.1 Å². The van der Waals surface area contributed by atoms with Crippen LogP contribution in [0.25, 0.3) is 17.4 Å². The van der Waals surface area contributed by atoms with E-state index in [1.807, 2.05) is 6.07 Å². The number of hydrogen-bond acceptors (Lipinski definition) is 2. The van der Waals surface area contributed by atoms with Crippen molar-refractivity contribution in [2.24, 2.45) is 0 Å². The van der Waals surface area contributed by atoms with Crippen LogP contribution in [0.5, 0.6) is 0 Å². The molecule has 0 bridgehead atoms. The molecule has 0 saturated carbocycles. The third-order valence-electron chi connectivity index (χ3n) is 3.66. The smallest absolute Gasteiger partial charge is 0.418 e. The Bertz CT molecular complexity index is 993. The highest BCUT2D eigenvalue weighted by atomic mass is 35.5. The van der Waals surface area contributed by atoms with E-state index >= 15 is 0 Å². The molecule has 0 fully saturated rings. The Hall–Kier alpha value is -2.99. The number of rotatable bonds is 4. The quantitative estimate of drug-likeness (QED) is 0.532. The lowest BCUT2D eigenvalue weighted by Crippen LogP contribution is -2.14. The lowest BCUT2D eigenvalue weighted by atomic mass is 10.1. The highest BCUT2D eigenvalue weighted by Gasteiger charge is 2.33. The van der Waals surface area contributed by atoms with E-state index in [1.54, 1.807) is 30.3 Å². The molecule has 0 saturated heterocycles. The zero-order valence-corrected chi connectivity index (χ0v) is 14.5. The summed E-state index contributed by atoms with van der Waals surface area (Å²) >= 11 is 6.10. The summed E-state index contributed by atoms with van der Waals surface area (Å²) in [4.78, 5) is 12.0. The summed E-state index contributed by atoms with van der Waals surface area (Å²) in [6.45, 7) is 0. The van der Waals surface area contributed by atoms with E-state index in [4.69, 9.17) is 16.0 Å². The molecular formula is C20H13ClF3NO2. The molecule has 0 aliphatic rings. The summed E-state index contributed by atoms with van der Waals surface area (Å²) in [6, 6.07) is 15.2. The Morgan fingerprint density at radius 1 is 1.00 bits per heavy atom. The topological polar surface area (TPSA) is 42.2 Å². The van der Waals surface area contributed by atoms with Crippen molar-refractivity contribution in [3.8, 4) is 11.3 Å². The number of para-hydroxylation sites is 1. The zero-order valence-electron chi connectivity index (χ0n) is 13.8. The van der Waals surface area contributed by atoms with Crippen LogP contribution in [0.2, 0.25) is 5.02 Å². The van der Waals surface area contributed by atoms with E-state index in [0.29, 0.717) is 22.1 Å². The van der Waals surface area contributed by atoms with Crippen LogP contribution in [-0.4, -0.2) is 5.91 Å². The average molecular weight is 392 g/mol. The molecule has 3 aromatic rings. The lowest BCUT2D eigenvalue weighted by molar-refractivity contribution is -0.136. The minimum Gasteiger partial charge on any atom is -0.457 e. The molecule has 0 spiro atoms. The summed E-state index contributed by atoms with van der Waals surface area (Å²) in [5.41, 5.74) is -0.524. The van der Waals surface area contributed by atoms with Gasteiger partial charge in [0.1, 0.15) is 11.5 Å². The summed E-state index contributed by atoms with van der Waals surface area (Å²) < 4.78 is 44.5. The van der Waals surface area contributed by atoms with Gasteiger partial charge in [-0.3, -0.25) is 4.79 Å². The minimum atomic E-state index is -4.56. The molecule has 1 amide bonds. The number of anilines is 1. The third kappa shape index (κ3) is 4.60. The molecule has 0 radical (unpaired) electrons. The first kappa shape index (κ1) is 18.8. The van der Waals surface area contributed by atoms with Gasteiger partial charge in [-0.15, -0.1) is 0 Å². The van der Waals surface area contributed by atoms with Crippen molar-refractivity contribution in [2.45, 2.75) is 6.18 Å². The number of amides is 1. The van der Waals surface area contributed by atoms with Gasteiger partial charge in [0, 0.05) is 11.6 Å². The maximum atomic E-state index is 13.0. The van der Waals surface area contributed by atoms with E-state index in [1.165, 1.54) is 24.3 Å². The molecule has 2 aromatic carbocycles. The number of carbonyl (C=O) groups excluding carboxylic acids is 1. The van der Waals surface area contributed by atoms with Crippen LogP contribution < -0.4 is 5.32 Å². The van der Waals surface area contributed by atoms with E-state index < -0.39 is 17.6 Å². The van der Waals surface area contributed by atoms with Crippen LogP contribution in [0.3, 0.4) is 0 Å². The van der Waals surface area contributed by atoms with Gasteiger partial charge in [-0.2, -0.15) is 13.2 Å². The van der Waals surface area contributed by atoms with Crippen molar-refractivity contribution in [1.29, 1.82) is 0 Å². The number of hydrogen-bond donors (Lipinski definition) is 1. The first-order valence-electron chi connectivity index (χ1n) is 7.84. The van der Waals surface area contributed by atoms with Gasteiger partial charge in [-0.05, 0) is 42.5 Å². The Morgan fingerprint density at radius 2 is 1.70 bits per heavy atom. The molecule has 7 heteroatoms. The Labute approximate surface area is 158 Å². The fraction of sp³-hybridized carbons (Fsp3) is 0.0500. The van der Waals surface area contributed by atoms with Crippen molar-refractivity contribution in [3.63, 3.8) is 0 Å². The van der Waals surface area contributed by atoms with Gasteiger partial charge in [0.05, 0.1) is 16.3 Å². The predicted octanol–water partition coefficient (Wildman–Crippen LogP) is 6.27. The second kappa shape index (κ2) is 7.72. The van der Waals surface area contributed by atoms with Gasteiger partial charge in [-0.25, -0.2) is 0 Å². The zero-order chi connectivity index (χ0) is 19.4. The Kier molecular flexibility index (Phi) is 5.37. The summed E-state index contributed by atoms with van der Waals surface area (Å²) in [5.74, 6) is 0.176. The van der Waals surface area contributed by atoms with Crippen LogP contribution in [0.4, 0.5) is 18.9 Å². The van der Waals surface area contributed by atoms with Crippen molar-refractivity contribution in [1.82, 2.24) is 0 Å². The van der Waals surface area contributed by atoms with Crippen LogP contribution in [0.1, 0.15) is 11.3 Å². The van der Waals surface area contributed by atoms with Crippen molar-refractivity contribution >= 4 is 29.3 Å². The van der Waals surface area contributed by atoms with Gasteiger partial charge >= 0.3 is 6.18 Å². The molecule has 3 rings (SSSR count). The molecular weight excluding hydrogens is 379 g/mol. The monoisotopic (exact) mass is 391 g/mol. The molecule has 0 aliphatic heterocycles. The first-order chi connectivity index (χ1) is 12.8. The summed E-state index contributed by atoms with van der Waals surface area (Å²) in [5, 5.41) is 2.74. The maximum absolute atomic E-state index is 13.0.